The second kappa shape index (κ2) is 4.95. The average Bonchev–Trinajstić information content (AvgIpc) is 2.97. The number of hydrogen-bond donors (Lipinski definition) is 2. The van der Waals surface area contributed by atoms with Crippen LogP contribution in [0.4, 0.5) is 0 Å². The Morgan fingerprint density at radius 3 is 2.57 bits per heavy atom. The van der Waals surface area contributed by atoms with E-state index in [1.807, 2.05) is 0 Å². The fourth-order valence-corrected chi connectivity index (χ4v) is 1.11. The molecule has 0 saturated heterocycles. The van der Waals surface area contributed by atoms with Crippen molar-refractivity contribution in [3.05, 3.63) is 0 Å². The maximum absolute atomic E-state index is 11.4. The first-order valence-corrected chi connectivity index (χ1v) is 4.83. The lowest BCUT2D eigenvalue weighted by Gasteiger charge is -2.14. The van der Waals surface area contributed by atoms with E-state index in [1.54, 1.807) is 6.92 Å². The van der Waals surface area contributed by atoms with Gasteiger partial charge in [-0.05, 0) is 19.8 Å². The molecule has 0 aromatic heterocycles. The molecule has 1 amide bonds. The maximum Gasteiger partial charge on any atom is 0.332 e. The molecule has 0 heterocycles. The summed E-state index contributed by atoms with van der Waals surface area (Å²) in [5, 5.41) is 5.37. The Kier molecular flexibility index (Phi) is 3.88. The van der Waals surface area contributed by atoms with Crippen molar-refractivity contribution in [3.63, 3.8) is 0 Å². The van der Waals surface area contributed by atoms with Gasteiger partial charge in [0.15, 0.2) is 6.04 Å². The second-order valence-corrected chi connectivity index (χ2v) is 3.24. The predicted molar refractivity (Wildman–Crippen MR) is 50.6 cm³/mol. The highest BCUT2D eigenvalue weighted by molar-refractivity contribution is 6.01. The molecule has 14 heavy (non-hydrogen) atoms. The van der Waals surface area contributed by atoms with Crippen LogP contribution in [0, 0.1) is 0 Å². The lowest BCUT2D eigenvalue weighted by Crippen LogP contribution is -2.50. The molecule has 5 nitrogen and oxygen atoms in total. The van der Waals surface area contributed by atoms with E-state index in [4.69, 9.17) is 4.74 Å². The Labute approximate surface area is 83.2 Å². The molecule has 1 aliphatic rings. The molecule has 1 fully saturated rings. The van der Waals surface area contributed by atoms with E-state index in [2.05, 4.69) is 10.6 Å². The van der Waals surface area contributed by atoms with Crippen LogP contribution in [-0.4, -0.2) is 37.6 Å². The smallest absolute Gasteiger partial charge is 0.332 e. The molecule has 1 unspecified atom stereocenters. The highest BCUT2D eigenvalue weighted by atomic mass is 16.5. The van der Waals surface area contributed by atoms with Gasteiger partial charge in [0.25, 0.3) is 0 Å². The number of carbonyl (C=O) groups is 2. The molecule has 80 valence electrons. The van der Waals surface area contributed by atoms with Crippen LogP contribution in [0.1, 0.15) is 19.8 Å². The standard InChI is InChI=1S/C9H16N2O3/c1-3-14-9(13)7(8(12)10-2)11-6-4-5-6/h6-7,11H,3-5H2,1-2H3,(H,10,12). The van der Waals surface area contributed by atoms with Crippen molar-refractivity contribution in [2.24, 2.45) is 0 Å². The van der Waals surface area contributed by atoms with Crippen molar-refractivity contribution >= 4 is 11.9 Å². The van der Waals surface area contributed by atoms with Crippen LogP contribution in [0.15, 0.2) is 0 Å². The van der Waals surface area contributed by atoms with E-state index in [0.717, 1.165) is 12.8 Å². The summed E-state index contributed by atoms with van der Waals surface area (Å²) >= 11 is 0. The lowest BCUT2D eigenvalue weighted by molar-refractivity contribution is -0.149. The summed E-state index contributed by atoms with van der Waals surface area (Å²) in [5.41, 5.74) is 0. The maximum atomic E-state index is 11.4. The van der Waals surface area contributed by atoms with Gasteiger partial charge in [-0.1, -0.05) is 0 Å². The molecular weight excluding hydrogens is 184 g/mol. The Morgan fingerprint density at radius 2 is 2.14 bits per heavy atom. The van der Waals surface area contributed by atoms with Crippen LogP contribution in [0.5, 0.6) is 0 Å². The number of nitrogens with one attached hydrogen (secondary N) is 2. The second-order valence-electron chi connectivity index (χ2n) is 3.24. The molecule has 1 aliphatic carbocycles. The van der Waals surface area contributed by atoms with Crippen molar-refractivity contribution in [2.75, 3.05) is 13.7 Å². The summed E-state index contributed by atoms with van der Waals surface area (Å²) in [6, 6.07) is -0.561. The van der Waals surface area contributed by atoms with Gasteiger partial charge in [0.2, 0.25) is 5.91 Å². The van der Waals surface area contributed by atoms with Crippen molar-refractivity contribution in [2.45, 2.75) is 31.8 Å². The summed E-state index contributed by atoms with van der Waals surface area (Å²) in [6.45, 7) is 2.01. The Balaban J connectivity index is 2.49. The minimum Gasteiger partial charge on any atom is -0.464 e. The summed E-state index contributed by atoms with van der Waals surface area (Å²) in [4.78, 5) is 22.7. The fourth-order valence-electron chi connectivity index (χ4n) is 1.11. The summed E-state index contributed by atoms with van der Waals surface area (Å²) in [7, 11) is 1.50. The van der Waals surface area contributed by atoms with Gasteiger partial charge in [-0.15, -0.1) is 0 Å². The minimum absolute atomic E-state index is 0.290. The molecule has 0 aliphatic heterocycles. The Bertz CT molecular complexity index is 226. The van der Waals surface area contributed by atoms with E-state index in [1.165, 1.54) is 7.05 Å². The number of amides is 1. The zero-order valence-electron chi connectivity index (χ0n) is 8.50. The monoisotopic (exact) mass is 200 g/mol. The number of carbonyl (C=O) groups excluding carboxylic acids is 2. The Hall–Kier alpha value is -1.10. The summed E-state index contributed by atoms with van der Waals surface area (Å²) in [5.74, 6) is -0.839. The van der Waals surface area contributed by atoms with Gasteiger partial charge in [-0.2, -0.15) is 0 Å². The highest BCUT2D eigenvalue weighted by Crippen LogP contribution is 2.19. The lowest BCUT2D eigenvalue weighted by atomic mass is 10.2. The zero-order chi connectivity index (χ0) is 10.6. The third-order valence-corrected chi connectivity index (χ3v) is 2.01. The van der Waals surface area contributed by atoms with Crippen LogP contribution in [-0.2, 0) is 14.3 Å². The number of ether oxygens (including phenoxy) is 1. The predicted octanol–water partition coefficient (Wildman–Crippen LogP) is -0.584. The summed E-state index contributed by atoms with van der Waals surface area (Å²) < 4.78 is 4.79. The number of esters is 1. The normalized spacial score (nSPS) is 17.3. The zero-order valence-corrected chi connectivity index (χ0v) is 8.50. The third kappa shape index (κ3) is 2.99. The van der Waals surface area contributed by atoms with Crippen LogP contribution in [0.3, 0.4) is 0 Å². The molecule has 2 N–H and O–H groups in total. The van der Waals surface area contributed by atoms with Crippen LogP contribution >= 0.6 is 0 Å². The molecule has 1 saturated carbocycles. The Morgan fingerprint density at radius 1 is 1.50 bits per heavy atom. The first-order chi connectivity index (χ1) is 6.69. The molecule has 1 rings (SSSR count). The molecule has 0 aromatic carbocycles. The molecule has 0 spiro atoms. The number of rotatable bonds is 5. The third-order valence-electron chi connectivity index (χ3n) is 2.01. The number of likely N-dealkylation sites (N-methyl/N-ethyl adjacent to an activating group) is 1. The molecule has 0 aromatic rings. The van der Waals surface area contributed by atoms with Gasteiger partial charge in [0.05, 0.1) is 6.61 Å². The van der Waals surface area contributed by atoms with Crippen molar-refractivity contribution in [3.8, 4) is 0 Å². The van der Waals surface area contributed by atoms with E-state index < -0.39 is 12.0 Å². The topological polar surface area (TPSA) is 67.4 Å². The largest absolute Gasteiger partial charge is 0.464 e. The van der Waals surface area contributed by atoms with Crippen molar-refractivity contribution in [1.82, 2.24) is 10.6 Å². The molecule has 0 radical (unpaired) electrons. The number of hydrogen-bond acceptors (Lipinski definition) is 4. The van der Waals surface area contributed by atoms with E-state index >= 15 is 0 Å². The molecule has 1 atom stereocenters. The van der Waals surface area contributed by atoms with Crippen LogP contribution in [0.2, 0.25) is 0 Å². The van der Waals surface area contributed by atoms with Gasteiger partial charge in [0, 0.05) is 13.1 Å². The fraction of sp³-hybridized carbons (Fsp3) is 0.778. The van der Waals surface area contributed by atoms with E-state index in [9.17, 15) is 9.59 Å². The van der Waals surface area contributed by atoms with Gasteiger partial charge >= 0.3 is 5.97 Å². The molecule has 0 bridgehead atoms. The van der Waals surface area contributed by atoms with E-state index in [0.29, 0.717) is 12.6 Å². The molecular formula is C9H16N2O3. The van der Waals surface area contributed by atoms with Crippen LogP contribution < -0.4 is 10.6 Å². The average molecular weight is 200 g/mol. The quantitative estimate of drug-likeness (QED) is 0.460. The van der Waals surface area contributed by atoms with Gasteiger partial charge in [-0.25, -0.2) is 4.79 Å². The van der Waals surface area contributed by atoms with Gasteiger partial charge in [-0.3, -0.25) is 10.1 Å². The first kappa shape index (κ1) is 11.0. The van der Waals surface area contributed by atoms with Gasteiger partial charge in [0.1, 0.15) is 0 Å². The van der Waals surface area contributed by atoms with Crippen molar-refractivity contribution in [1.29, 1.82) is 0 Å². The first-order valence-electron chi connectivity index (χ1n) is 4.83. The molecule has 5 heteroatoms. The highest BCUT2D eigenvalue weighted by Gasteiger charge is 2.33. The van der Waals surface area contributed by atoms with E-state index in [-0.39, 0.29) is 5.91 Å². The van der Waals surface area contributed by atoms with Crippen molar-refractivity contribution < 1.29 is 14.3 Å². The summed E-state index contributed by atoms with van der Waals surface area (Å²) in [6.07, 6.45) is 2.04. The minimum atomic E-state index is -0.854. The SMILES string of the molecule is CCOC(=O)C(NC1CC1)C(=O)NC. The van der Waals surface area contributed by atoms with Crippen LogP contribution in [0.25, 0.3) is 0 Å². The van der Waals surface area contributed by atoms with Gasteiger partial charge < -0.3 is 10.1 Å².